The van der Waals surface area contributed by atoms with Crippen molar-refractivity contribution in [3.05, 3.63) is 82.1 Å². The number of halogens is 1. The summed E-state index contributed by atoms with van der Waals surface area (Å²) in [6.45, 7) is 2.19. The largest absolute Gasteiger partial charge is 0.366 e. The number of carbonyl (C=O) groups is 2. The zero-order valence-corrected chi connectivity index (χ0v) is 14.8. The molecule has 1 aromatic heterocycles. The van der Waals surface area contributed by atoms with Crippen LogP contribution >= 0.6 is 11.6 Å². The Labute approximate surface area is 155 Å². The quantitative estimate of drug-likeness (QED) is 0.724. The van der Waals surface area contributed by atoms with Crippen LogP contribution in [0.2, 0.25) is 5.02 Å². The normalized spacial score (nSPS) is 10.5. The van der Waals surface area contributed by atoms with E-state index in [2.05, 4.69) is 10.4 Å². The minimum atomic E-state index is -0.536. The Morgan fingerprint density at radius 2 is 1.96 bits per heavy atom. The Bertz CT molecular complexity index is 981. The number of hydrogen-bond acceptors (Lipinski definition) is 3. The number of nitrogens with one attached hydrogen (secondary N) is 1. The molecule has 0 aliphatic rings. The summed E-state index contributed by atoms with van der Waals surface area (Å²) < 4.78 is 1.64. The van der Waals surface area contributed by atoms with Crippen LogP contribution in [-0.2, 0) is 6.54 Å². The van der Waals surface area contributed by atoms with Crippen LogP contribution in [0.5, 0.6) is 0 Å². The zero-order valence-electron chi connectivity index (χ0n) is 14.1. The van der Waals surface area contributed by atoms with Crippen molar-refractivity contribution in [2.75, 3.05) is 5.32 Å². The Balaban J connectivity index is 1.76. The van der Waals surface area contributed by atoms with E-state index in [1.54, 1.807) is 36.0 Å². The first-order valence-electron chi connectivity index (χ1n) is 7.92. The van der Waals surface area contributed by atoms with Crippen LogP contribution in [0.25, 0.3) is 0 Å². The third-order valence-corrected chi connectivity index (χ3v) is 4.40. The number of aromatic nitrogens is 2. The van der Waals surface area contributed by atoms with Crippen molar-refractivity contribution >= 4 is 29.1 Å². The van der Waals surface area contributed by atoms with Crippen molar-refractivity contribution in [3.8, 4) is 0 Å². The van der Waals surface area contributed by atoms with Gasteiger partial charge in [0.05, 0.1) is 18.3 Å². The van der Waals surface area contributed by atoms with Gasteiger partial charge in [0.25, 0.3) is 5.91 Å². The molecule has 0 spiro atoms. The molecule has 132 valence electrons. The number of amides is 2. The molecule has 2 aromatic carbocycles. The average Bonchev–Trinajstić information content (AvgIpc) is 3.07. The summed E-state index contributed by atoms with van der Waals surface area (Å²) in [5.41, 5.74) is 8.18. The summed E-state index contributed by atoms with van der Waals surface area (Å²) in [6.07, 6.45) is 3.13. The number of rotatable bonds is 5. The first-order chi connectivity index (χ1) is 12.5. The number of carbonyl (C=O) groups excluding carboxylic acids is 2. The van der Waals surface area contributed by atoms with E-state index in [0.29, 0.717) is 33.9 Å². The number of hydrogen-bond donors (Lipinski definition) is 2. The summed E-state index contributed by atoms with van der Waals surface area (Å²) in [7, 11) is 0. The lowest BCUT2D eigenvalue weighted by atomic mass is 10.1. The van der Waals surface area contributed by atoms with E-state index in [0.717, 1.165) is 5.56 Å². The lowest BCUT2D eigenvalue weighted by Crippen LogP contribution is -2.16. The Morgan fingerprint density at radius 3 is 2.69 bits per heavy atom. The van der Waals surface area contributed by atoms with Crippen molar-refractivity contribution in [2.24, 2.45) is 5.73 Å². The maximum absolute atomic E-state index is 12.5. The van der Waals surface area contributed by atoms with Crippen LogP contribution in [0.15, 0.2) is 54.9 Å². The highest BCUT2D eigenvalue weighted by molar-refractivity contribution is 6.31. The SMILES string of the molecule is Cc1c(NC(=O)c2cnn(Cc3ccccc3Cl)c2)cccc1C(N)=O. The van der Waals surface area contributed by atoms with Crippen molar-refractivity contribution < 1.29 is 9.59 Å². The fourth-order valence-electron chi connectivity index (χ4n) is 2.60. The predicted octanol–water partition coefficient (Wildman–Crippen LogP) is 3.24. The highest BCUT2D eigenvalue weighted by atomic mass is 35.5. The second-order valence-corrected chi connectivity index (χ2v) is 6.22. The molecule has 3 rings (SSSR count). The molecule has 1 heterocycles. The van der Waals surface area contributed by atoms with E-state index in [4.69, 9.17) is 17.3 Å². The summed E-state index contributed by atoms with van der Waals surface area (Å²) in [5, 5.41) is 7.64. The number of anilines is 1. The molecule has 0 saturated carbocycles. The van der Waals surface area contributed by atoms with Crippen LogP contribution in [0, 0.1) is 6.92 Å². The molecule has 26 heavy (non-hydrogen) atoms. The van der Waals surface area contributed by atoms with Crippen molar-refractivity contribution in [1.82, 2.24) is 9.78 Å². The first kappa shape index (κ1) is 17.7. The number of nitrogens with two attached hydrogens (primary N) is 1. The van der Waals surface area contributed by atoms with Gasteiger partial charge in [0.1, 0.15) is 0 Å². The maximum atomic E-state index is 12.5. The molecule has 0 saturated heterocycles. The summed E-state index contributed by atoms with van der Waals surface area (Å²) in [5.74, 6) is -0.855. The second kappa shape index (κ2) is 7.41. The minimum absolute atomic E-state index is 0.319. The zero-order chi connectivity index (χ0) is 18.7. The highest BCUT2D eigenvalue weighted by Crippen LogP contribution is 2.20. The topological polar surface area (TPSA) is 90.0 Å². The van der Waals surface area contributed by atoms with E-state index in [1.165, 1.54) is 6.20 Å². The van der Waals surface area contributed by atoms with Crippen LogP contribution in [-0.4, -0.2) is 21.6 Å². The Kier molecular flexibility index (Phi) is 5.04. The van der Waals surface area contributed by atoms with Crippen LogP contribution < -0.4 is 11.1 Å². The van der Waals surface area contributed by atoms with Gasteiger partial charge in [0, 0.05) is 22.5 Å². The van der Waals surface area contributed by atoms with Crippen molar-refractivity contribution in [1.29, 1.82) is 0 Å². The van der Waals surface area contributed by atoms with Gasteiger partial charge < -0.3 is 11.1 Å². The molecule has 0 aliphatic carbocycles. The van der Waals surface area contributed by atoms with Gasteiger partial charge in [0.15, 0.2) is 0 Å². The predicted molar refractivity (Wildman–Crippen MR) is 100 cm³/mol. The molecular weight excluding hydrogens is 352 g/mol. The fourth-order valence-corrected chi connectivity index (χ4v) is 2.80. The molecule has 0 radical (unpaired) electrons. The molecule has 7 heteroatoms. The molecule has 0 atom stereocenters. The number of primary amides is 1. The lowest BCUT2D eigenvalue weighted by molar-refractivity contribution is 0.0995. The van der Waals surface area contributed by atoms with E-state index >= 15 is 0 Å². The fraction of sp³-hybridized carbons (Fsp3) is 0.105. The van der Waals surface area contributed by atoms with E-state index in [-0.39, 0.29) is 5.91 Å². The third kappa shape index (κ3) is 3.75. The van der Waals surface area contributed by atoms with Crippen LogP contribution in [0.4, 0.5) is 5.69 Å². The van der Waals surface area contributed by atoms with E-state index in [1.807, 2.05) is 24.3 Å². The summed E-state index contributed by atoms with van der Waals surface area (Å²) in [4.78, 5) is 23.9. The lowest BCUT2D eigenvalue weighted by Gasteiger charge is -2.10. The molecule has 0 bridgehead atoms. The van der Waals surface area contributed by atoms with Crippen molar-refractivity contribution in [2.45, 2.75) is 13.5 Å². The van der Waals surface area contributed by atoms with Gasteiger partial charge >= 0.3 is 0 Å². The minimum Gasteiger partial charge on any atom is -0.366 e. The molecule has 0 aliphatic heterocycles. The smallest absolute Gasteiger partial charge is 0.258 e. The first-order valence-corrected chi connectivity index (χ1v) is 8.30. The van der Waals surface area contributed by atoms with E-state index in [9.17, 15) is 9.59 Å². The van der Waals surface area contributed by atoms with Crippen LogP contribution in [0.1, 0.15) is 31.8 Å². The molecule has 2 amide bonds. The third-order valence-electron chi connectivity index (χ3n) is 4.03. The van der Waals surface area contributed by atoms with Crippen LogP contribution in [0.3, 0.4) is 0 Å². The number of nitrogens with zero attached hydrogens (tertiary/aromatic N) is 2. The van der Waals surface area contributed by atoms with Gasteiger partial charge in [-0.2, -0.15) is 5.10 Å². The summed E-state index contributed by atoms with van der Waals surface area (Å²) in [6, 6.07) is 12.5. The van der Waals surface area contributed by atoms with Gasteiger partial charge in [-0.15, -0.1) is 0 Å². The Hall–Kier alpha value is -3.12. The monoisotopic (exact) mass is 368 g/mol. The molecule has 0 fully saturated rings. The maximum Gasteiger partial charge on any atom is 0.258 e. The van der Waals surface area contributed by atoms with Gasteiger partial charge in [-0.1, -0.05) is 35.9 Å². The average molecular weight is 369 g/mol. The van der Waals surface area contributed by atoms with Gasteiger partial charge in [-0.05, 0) is 36.2 Å². The molecule has 0 unspecified atom stereocenters. The standard InChI is InChI=1S/C19H17ClN4O2/c1-12-15(18(21)25)6-4-8-17(12)23-19(26)14-9-22-24(11-14)10-13-5-2-3-7-16(13)20/h2-9,11H,10H2,1H3,(H2,21,25)(H,23,26). The number of benzene rings is 2. The van der Waals surface area contributed by atoms with Gasteiger partial charge in [0.2, 0.25) is 5.91 Å². The molecule has 3 N–H and O–H groups in total. The van der Waals surface area contributed by atoms with Crippen molar-refractivity contribution in [3.63, 3.8) is 0 Å². The molecule has 3 aromatic rings. The Morgan fingerprint density at radius 1 is 1.19 bits per heavy atom. The second-order valence-electron chi connectivity index (χ2n) is 5.81. The molecule has 6 nitrogen and oxygen atoms in total. The summed E-state index contributed by atoms with van der Waals surface area (Å²) >= 11 is 6.15. The highest BCUT2D eigenvalue weighted by Gasteiger charge is 2.14. The van der Waals surface area contributed by atoms with E-state index < -0.39 is 5.91 Å². The van der Waals surface area contributed by atoms with Gasteiger partial charge in [-0.3, -0.25) is 14.3 Å². The molecular formula is C19H17ClN4O2. The van der Waals surface area contributed by atoms with Gasteiger partial charge in [-0.25, -0.2) is 0 Å².